The monoisotopic (exact) mass is 376 g/mol. The van der Waals surface area contributed by atoms with Crippen LogP contribution in [0.4, 0.5) is 0 Å². The van der Waals surface area contributed by atoms with Gasteiger partial charge >= 0.3 is 11.9 Å². The van der Waals surface area contributed by atoms with Crippen molar-refractivity contribution in [3.8, 4) is 0 Å². The summed E-state index contributed by atoms with van der Waals surface area (Å²) in [7, 11) is 2.83. The summed E-state index contributed by atoms with van der Waals surface area (Å²) in [6.45, 7) is 6.32. The Labute approximate surface area is 162 Å². The molecule has 5 heteroatoms. The van der Waals surface area contributed by atoms with Gasteiger partial charge in [-0.1, -0.05) is 37.6 Å². The molecule has 1 saturated heterocycles. The molecule has 0 radical (unpaired) electrons. The number of rotatable bonds is 3. The second-order valence-corrected chi connectivity index (χ2v) is 7.80. The van der Waals surface area contributed by atoms with Crippen LogP contribution in [0.2, 0.25) is 0 Å². The topological polar surface area (TPSA) is 65.1 Å². The van der Waals surface area contributed by atoms with Gasteiger partial charge in [-0.2, -0.15) is 0 Å². The summed E-state index contributed by atoms with van der Waals surface area (Å²) in [5.41, 5.74) is 2.38. The lowest BCUT2D eigenvalue weighted by Crippen LogP contribution is -2.12. The summed E-state index contributed by atoms with van der Waals surface area (Å²) in [6, 6.07) is 0. The van der Waals surface area contributed by atoms with E-state index in [1.165, 1.54) is 19.8 Å². The van der Waals surface area contributed by atoms with Gasteiger partial charge in [0.2, 0.25) is 0 Å². The molecule has 2 aliphatic rings. The van der Waals surface area contributed by atoms with Gasteiger partial charge in [-0.15, -0.1) is 0 Å². The molecule has 27 heavy (non-hydrogen) atoms. The molecule has 0 amide bonds. The maximum absolute atomic E-state index is 12.1. The number of carbonyl (C=O) groups is 2. The molecule has 1 heterocycles. The molecular formula is C22H32O5. The Morgan fingerprint density at radius 2 is 1.74 bits per heavy atom. The van der Waals surface area contributed by atoms with E-state index in [2.05, 4.69) is 20.8 Å². The predicted molar refractivity (Wildman–Crippen MR) is 104 cm³/mol. The Kier molecular flexibility index (Phi) is 7.42. The fourth-order valence-corrected chi connectivity index (χ4v) is 3.55. The first kappa shape index (κ1) is 21.4. The molecule has 0 aromatic heterocycles. The molecule has 1 aliphatic carbocycles. The molecule has 2 rings (SSSR count). The first-order valence-corrected chi connectivity index (χ1v) is 9.73. The van der Waals surface area contributed by atoms with Crippen LogP contribution in [-0.2, 0) is 23.8 Å². The van der Waals surface area contributed by atoms with Crippen LogP contribution in [0, 0.1) is 5.92 Å². The van der Waals surface area contributed by atoms with Gasteiger partial charge in [-0.3, -0.25) is 0 Å². The van der Waals surface area contributed by atoms with E-state index < -0.39 is 0 Å². The number of carbonyl (C=O) groups excluding carboxylic acids is 2. The molecule has 0 bridgehead atoms. The van der Waals surface area contributed by atoms with Crippen molar-refractivity contribution in [2.75, 3.05) is 14.2 Å². The smallest absolute Gasteiger partial charge is 0.333 e. The van der Waals surface area contributed by atoms with Crippen molar-refractivity contribution in [3.05, 3.63) is 34.9 Å². The number of fused-ring (bicyclic) bond motifs is 1. The molecule has 0 aromatic rings. The first-order chi connectivity index (χ1) is 12.8. The van der Waals surface area contributed by atoms with Crippen LogP contribution in [0.1, 0.15) is 59.3 Å². The van der Waals surface area contributed by atoms with Gasteiger partial charge in [0.15, 0.2) is 0 Å². The van der Waals surface area contributed by atoms with E-state index in [1.54, 1.807) is 0 Å². The maximum Gasteiger partial charge on any atom is 0.333 e. The zero-order valence-corrected chi connectivity index (χ0v) is 17.2. The minimum Gasteiger partial charge on any atom is -0.466 e. The van der Waals surface area contributed by atoms with Crippen LogP contribution in [0.5, 0.6) is 0 Å². The SMILES string of the molecule is COC(=O)/C1=C\C=C(\C(C)C)CC/C(C(=O)OC)=C\CC[C@@]2(C)O[C@@H]2CC1. The molecule has 0 spiro atoms. The van der Waals surface area contributed by atoms with E-state index in [4.69, 9.17) is 14.2 Å². The summed E-state index contributed by atoms with van der Waals surface area (Å²) >= 11 is 0. The molecule has 0 saturated carbocycles. The third-order valence-corrected chi connectivity index (χ3v) is 5.56. The molecule has 1 aliphatic heterocycles. The molecule has 2 atom stereocenters. The molecular weight excluding hydrogens is 344 g/mol. The summed E-state index contributed by atoms with van der Waals surface area (Å²) in [5.74, 6) is -0.240. The highest BCUT2D eigenvalue weighted by atomic mass is 16.6. The number of epoxide rings is 1. The largest absolute Gasteiger partial charge is 0.466 e. The number of esters is 2. The number of methoxy groups -OCH3 is 2. The Morgan fingerprint density at radius 1 is 1.07 bits per heavy atom. The maximum atomic E-state index is 12.1. The minimum atomic E-state index is -0.293. The summed E-state index contributed by atoms with van der Waals surface area (Å²) in [6.07, 6.45) is 10.4. The van der Waals surface area contributed by atoms with Gasteiger partial charge in [0, 0.05) is 11.1 Å². The normalized spacial score (nSPS) is 32.5. The third kappa shape index (κ3) is 5.80. The highest BCUT2D eigenvalue weighted by molar-refractivity contribution is 5.89. The van der Waals surface area contributed by atoms with E-state index in [9.17, 15) is 9.59 Å². The number of allylic oxidation sites excluding steroid dienone is 4. The van der Waals surface area contributed by atoms with E-state index in [0.717, 1.165) is 25.7 Å². The lowest BCUT2D eigenvalue weighted by molar-refractivity contribution is -0.137. The number of ether oxygens (including phenoxy) is 3. The zero-order valence-electron chi connectivity index (χ0n) is 17.2. The molecule has 0 unspecified atom stereocenters. The Hall–Kier alpha value is -1.88. The van der Waals surface area contributed by atoms with E-state index in [-0.39, 0.29) is 23.6 Å². The van der Waals surface area contributed by atoms with Crippen LogP contribution in [-0.4, -0.2) is 37.9 Å². The quantitative estimate of drug-likeness (QED) is 0.543. The van der Waals surface area contributed by atoms with E-state index in [1.807, 2.05) is 18.2 Å². The van der Waals surface area contributed by atoms with Crippen molar-refractivity contribution in [2.24, 2.45) is 5.92 Å². The molecule has 1 fully saturated rings. The number of hydrogen-bond acceptors (Lipinski definition) is 5. The van der Waals surface area contributed by atoms with Crippen molar-refractivity contribution in [1.29, 1.82) is 0 Å². The third-order valence-electron chi connectivity index (χ3n) is 5.56. The van der Waals surface area contributed by atoms with Crippen molar-refractivity contribution in [3.63, 3.8) is 0 Å². The van der Waals surface area contributed by atoms with Gasteiger partial charge in [-0.05, 0) is 51.4 Å². The highest BCUT2D eigenvalue weighted by Gasteiger charge is 2.50. The molecule has 0 aromatic carbocycles. The standard InChI is InChI=1S/C22H32O5/c1-15(2)16-8-10-17(20(23)25-4)7-6-14-22(3)19(27-22)13-12-18(11-9-16)21(24)26-5/h7,9,11,15,19H,6,8,10,12-14H2,1-5H3/b16-9+,17-7+,18-11-/t19-,22-/m1/s1. The second-order valence-electron chi connectivity index (χ2n) is 7.80. The fraction of sp³-hybridized carbons (Fsp3) is 0.636. The molecule has 0 N–H and O–H groups in total. The zero-order chi connectivity index (χ0) is 20.0. The first-order valence-electron chi connectivity index (χ1n) is 9.73. The van der Waals surface area contributed by atoms with Gasteiger partial charge in [0.25, 0.3) is 0 Å². The summed E-state index contributed by atoms with van der Waals surface area (Å²) in [5, 5.41) is 0. The fourth-order valence-electron chi connectivity index (χ4n) is 3.55. The van der Waals surface area contributed by atoms with Gasteiger partial charge < -0.3 is 14.2 Å². The Morgan fingerprint density at radius 3 is 2.37 bits per heavy atom. The van der Waals surface area contributed by atoms with Crippen LogP contribution in [0.25, 0.3) is 0 Å². The van der Waals surface area contributed by atoms with E-state index >= 15 is 0 Å². The average Bonchev–Trinajstić information content (AvgIpc) is 3.30. The predicted octanol–water partition coefficient (Wildman–Crippen LogP) is 4.28. The minimum absolute atomic E-state index is 0.136. The highest BCUT2D eigenvalue weighted by Crippen LogP contribution is 2.43. The van der Waals surface area contributed by atoms with Crippen molar-refractivity contribution in [1.82, 2.24) is 0 Å². The Bertz CT molecular complexity index is 656. The van der Waals surface area contributed by atoms with Gasteiger partial charge in [0.05, 0.1) is 25.9 Å². The lowest BCUT2D eigenvalue weighted by Gasteiger charge is -2.13. The Balaban J connectivity index is 2.31. The van der Waals surface area contributed by atoms with Crippen LogP contribution in [0.3, 0.4) is 0 Å². The summed E-state index contributed by atoms with van der Waals surface area (Å²) in [4.78, 5) is 24.3. The van der Waals surface area contributed by atoms with Crippen molar-refractivity contribution in [2.45, 2.75) is 71.0 Å². The molecule has 150 valence electrons. The van der Waals surface area contributed by atoms with Gasteiger partial charge in [-0.25, -0.2) is 9.59 Å². The average molecular weight is 376 g/mol. The summed E-state index contributed by atoms with van der Waals surface area (Å²) < 4.78 is 15.8. The van der Waals surface area contributed by atoms with E-state index in [0.29, 0.717) is 29.9 Å². The number of hydrogen-bond donors (Lipinski definition) is 0. The second kappa shape index (κ2) is 9.36. The van der Waals surface area contributed by atoms with Crippen LogP contribution in [0.15, 0.2) is 34.9 Å². The molecule has 5 nitrogen and oxygen atoms in total. The van der Waals surface area contributed by atoms with Crippen molar-refractivity contribution >= 4 is 11.9 Å². The van der Waals surface area contributed by atoms with Crippen LogP contribution < -0.4 is 0 Å². The van der Waals surface area contributed by atoms with Crippen molar-refractivity contribution < 1.29 is 23.8 Å². The van der Waals surface area contributed by atoms with Crippen LogP contribution >= 0.6 is 0 Å². The lowest BCUT2D eigenvalue weighted by atomic mass is 9.92. The van der Waals surface area contributed by atoms with Gasteiger partial charge in [0.1, 0.15) is 0 Å².